The van der Waals surface area contributed by atoms with Gasteiger partial charge in [-0.3, -0.25) is 0 Å². The Morgan fingerprint density at radius 2 is 1.94 bits per heavy atom. The Morgan fingerprint density at radius 3 is 2.50 bits per heavy atom. The first-order valence-electron chi connectivity index (χ1n) is 5.88. The average Bonchev–Trinajstić information content (AvgIpc) is 2.36. The first kappa shape index (κ1) is 12.4. The van der Waals surface area contributed by atoms with Gasteiger partial charge in [0.2, 0.25) is 0 Å². The summed E-state index contributed by atoms with van der Waals surface area (Å²) in [5, 5.41) is 10.9. The standard InChI is InChI=1S/C15H16O3/c1-9(2)10-4-5-11-6-12(15(16)17)8-14(18-3)13(11)7-10/h4-9H,1-3H3,(H,16,17). The molecule has 0 heterocycles. The Morgan fingerprint density at radius 1 is 1.22 bits per heavy atom. The van der Waals surface area contributed by atoms with Gasteiger partial charge in [-0.15, -0.1) is 0 Å². The molecule has 0 saturated carbocycles. The number of carbonyl (C=O) groups is 1. The minimum Gasteiger partial charge on any atom is -0.496 e. The van der Waals surface area contributed by atoms with E-state index < -0.39 is 5.97 Å². The molecule has 18 heavy (non-hydrogen) atoms. The maximum atomic E-state index is 11.0. The molecule has 3 heteroatoms. The number of carboxylic acid groups (broad SMARTS) is 1. The van der Waals surface area contributed by atoms with Crippen molar-refractivity contribution < 1.29 is 14.6 Å². The summed E-state index contributed by atoms with van der Waals surface area (Å²) in [7, 11) is 1.56. The molecular weight excluding hydrogens is 228 g/mol. The zero-order valence-electron chi connectivity index (χ0n) is 10.7. The van der Waals surface area contributed by atoms with Gasteiger partial charge in [0.1, 0.15) is 5.75 Å². The molecule has 0 aromatic heterocycles. The van der Waals surface area contributed by atoms with E-state index in [-0.39, 0.29) is 5.56 Å². The van der Waals surface area contributed by atoms with Crippen LogP contribution in [-0.4, -0.2) is 18.2 Å². The summed E-state index contributed by atoms with van der Waals surface area (Å²) in [6.07, 6.45) is 0. The molecule has 0 fully saturated rings. The summed E-state index contributed by atoms with van der Waals surface area (Å²) >= 11 is 0. The molecule has 2 aromatic rings. The SMILES string of the molecule is COc1cc(C(=O)O)cc2ccc(C(C)C)cc12. The molecule has 94 valence electrons. The number of methoxy groups -OCH3 is 1. The third-order valence-electron chi connectivity index (χ3n) is 3.07. The fourth-order valence-corrected chi connectivity index (χ4v) is 1.99. The highest BCUT2D eigenvalue weighted by molar-refractivity contribution is 5.97. The fraction of sp³-hybridized carbons (Fsp3) is 0.267. The summed E-state index contributed by atoms with van der Waals surface area (Å²) in [6.45, 7) is 4.25. The highest BCUT2D eigenvalue weighted by atomic mass is 16.5. The second kappa shape index (κ2) is 4.69. The van der Waals surface area contributed by atoms with Crippen molar-refractivity contribution in [2.45, 2.75) is 19.8 Å². The molecule has 0 aliphatic carbocycles. The van der Waals surface area contributed by atoms with Crippen LogP contribution in [0.1, 0.15) is 35.7 Å². The van der Waals surface area contributed by atoms with Crippen molar-refractivity contribution in [1.82, 2.24) is 0 Å². The van der Waals surface area contributed by atoms with Gasteiger partial charge in [-0.1, -0.05) is 26.0 Å². The highest BCUT2D eigenvalue weighted by Crippen LogP contribution is 2.30. The van der Waals surface area contributed by atoms with Crippen LogP contribution in [0, 0.1) is 0 Å². The van der Waals surface area contributed by atoms with Gasteiger partial charge in [-0.25, -0.2) is 4.79 Å². The molecule has 1 N–H and O–H groups in total. The van der Waals surface area contributed by atoms with Crippen LogP contribution < -0.4 is 4.74 Å². The number of hydrogen-bond donors (Lipinski definition) is 1. The van der Waals surface area contributed by atoms with E-state index in [0.29, 0.717) is 11.7 Å². The van der Waals surface area contributed by atoms with E-state index in [0.717, 1.165) is 10.8 Å². The maximum Gasteiger partial charge on any atom is 0.335 e. The highest BCUT2D eigenvalue weighted by Gasteiger charge is 2.10. The number of aromatic carboxylic acids is 1. The molecule has 0 atom stereocenters. The molecule has 0 bridgehead atoms. The van der Waals surface area contributed by atoms with Crippen molar-refractivity contribution in [2.75, 3.05) is 7.11 Å². The zero-order chi connectivity index (χ0) is 13.3. The minimum absolute atomic E-state index is 0.247. The summed E-state index contributed by atoms with van der Waals surface area (Å²) in [5.41, 5.74) is 1.46. The van der Waals surface area contributed by atoms with Gasteiger partial charge in [0, 0.05) is 5.39 Å². The monoisotopic (exact) mass is 244 g/mol. The Bertz CT molecular complexity index is 600. The van der Waals surface area contributed by atoms with Gasteiger partial charge in [0.25, 0.3) is 0 Å². The summed E-state index contributed by atoms with van der Waals surface area (Å²) in [6, 6.07) is 9.27. The van der Waals surface area contributed by atoms with Crippen molar-refractivity contribution in [1.29, 1.82) is 0 Å². The van der Waals surface area contributed by atoms with E-state index in [9.17, 15) is 4.79 Å². The van der Waals surface area contributed by atoms with Crippen LogP contribution in [0.25, 0.3) is 10.8 Å². The van der Waals surface area contributed by atoms with Gasteiger partial charge >= 0.3 is 5.97 Å². The number of carboxylic acids is 1. The van der Waals surface area contributed by atoms with Crippen LogP contribution in [0.2, 0.25) is 0 Å². The normalized spacial score (nSPS) is 10.9. The number of ether oxygens (including phenoxy) is 1. The van der Waals surface area contributed by atoms with Crippen molar-refractivity contribution in [3.8, 4) is 5.75 Å². The molecule has 0 saturated heterocycles. The van der Waals surface area contributed by atoms with Crippen molar-refractivity contribution in [3.05, 3.63) is 41.5 Å². The lowest BCUT2D eigenvalue weighted by Crippen LogP contribution is -1.98. The van der Waals surface area contributed by atoms with E-state index in [1.54, 1.807) is 19.2 Å². The van der Waals surface area contributed by atoms with Gasteiger partial charge in [0.15, 0.2) is 0 Å². The Labute approximate surface area is 106 Å². The number of fused-ring (bicyclic) bond motifs is 1. The number of hydrogen-bond acceptors (Lipinski definition) is 2. The Kier molecular flexibility index (Phi) is 3.24. The van der Waals surface area contributed by atoms with Crippen LogP contribution >= 0.6 is 0 Å². The van der Waals surface area contributed by atoms with Crippen molar-refractivity contribution in [2.24, 2.45) is 0 Å². The lowest BCUT2D eigenvalue weighted by molar-refractivity contribution is 0.0696. The van der Waals surface area contributed by atoms with Gasteiger partial charge in [-0.05, 0) is 35.1 Å². The van der Waals surface area contributed by atoms with Crippen LogP contribution in [0.3, 0.4) is 0 Å². The van der Waals surface area contributed by atoms with E-state index in [4.69, 9.17) is 9.84 Å². The fourth-order valence-electron chi connectivity index (χ4n) is 1.99. The molecule has 2 aromatic carbocycles. The van der Waals surface area contributed by atoms with Crippen LogP contribution in [0.4, 0.5) is 0 Å². The van der Waals surface area contributed by atoms with E-state index >= 15 is 0 Å². The maximum absolute atomic E-state index is 11.0. The van der Waals surface area contributed by atoms with Crippen molar-refractivity contribution >= 4 is 16.7 Å². The summed E-state index contributed by atoms with van der Waals surface area (Å²) < 4.78 is 5.29. The minimum atomic E-state index is -0.942. The molecule has 0 aliphatic rings. The van der Waals surface area contributed by atoms with Gasteiger partial charge < -0.3 is 9.84 Å². The molecule has 3 nitrogen and oxygen atoms in total. The molecular formula is C15H16O3. The van der Waals surface area contributed by atoms with Gasteiger partial charge in [0.05, 0.1) is 12.7 Å². The summed E-state index contributed by atoms with van der Waals surface area (Å²) in [5.74, 6) is 0.0915. The van der Waals surface area contributed by atoms with Crippen LogP contribution in [0.5, 0.6) is 5.75 Å². The molecule has 2 rings (SSSR count). The van der Waals surface area contributed by atoms with Crippen LogP contribution in [-0.2, 0) is 0 Å². The third kappa shape index (κ3) is 2.16. The van der Waals surface area contributed by atoms with E-state index in [1.165, 1.54) is 5.56 Å². The predicted molar refractivity (Wildman–Crippen MR) is 71.5 cm³/mol. The third-order valence-corrected chi connectivity index (χ3v) is 3.07. The van der Waals surface area contributed by atoms with E-state index in [1.807, 2.05) is 12.1 Å². The number of rotatable bonds is 3. The van der Waals surface area contributed by atoms with Gasteiger partial charge in [-0.2, -0.15) is 0 Å². The Hall–Kier alpha value is -2.03. The first-order chi connectivity index (χ1) is 8.52. The second-order valence-electron chi connectivity index (χ2n) is 4.62. The topological polar surface area (TPSA) is 46.5 Å². The molecule has 0 amide bonds. The predicted octanol–water partition coefficient (Wildman–Crippen LogP) is 3.67. The molecule has 0 unspecified atom stereocenters. The number of benzene rings is 2. The molecule has 0 radical (unpaired) electrons. The smallest absolute Gasteiger partial charge is 0.335 e. The first-order valence-corrected chi connectivity index (χ1v) is 5.88. The zero-order valence-corrected chi connectivity index (χ0v) is 10.7. The lowest BCUT2D eigenvalue weighted by Gasteiger charge is -2.11. The lowest BCUT2D eigenvalue weighted by atomic mass is 9.97. The second-order valence-corrected chi connectivity index (χ2v) is 4.62. The Balaban J connectivity index is 2.71. The largest absolute Gasteiger partial charge is 0.496 e. The molecule has 0 spiro atoms. The van der Waals surface area contributed by atoms with Crippen LogP contribution in [0.15, 0.2) is 30.3 Å². The summed E-state index contributed by atoms with van der Waals surface area (Å²) in [4.78, 5) is 11.0. The average molecular weight is 244 g/mol. The quantitative estimate of drug-likeness (QED) is 0.896. The molecule has 0 aliphatic heterocycles. The van der Waals surface area contributed by atoms with E-state index in [2.05, 4.69) is 19.9 Å². The van der Waals surface area contributed by atoms with Crippen molar-refractivity contribution in [3.63, 3.8) is 0 Å².